The van der Waals surface area contributed by atoms with Crippen molar-refractivity contribution in [1.82, 2.24) is 9.97 Å². The third kappa shape index (κ3) is 4.38. The molecular formula is C24H21N3O3. The fraction of sp³-hybridized carbons (Fsp3) is 0.125. The van der Waals surface area contributed by atoms with E-state index in [1.807, 2.05) is 62.4 Å². The van der Waals surface area contributed by atoms with Crippen LogP contribution in [0.5, 0.6) is 0 Å². The highest BCUT2D eigenvalue weighted by atomic mass is 16.5. The van der Waals surface area contributed by atoms with Crippen LogP contribution in [-0.4, -0.2) is 28.5 Å². The van der Waals surface area contributed by atoms with Crippen molar-refractivity contribution in [2.45, 2.75) is 13.8 Å². The SMILES string of the molecule is Cc1cc(C)cc(NC(=O)COC(=O)c2ccc3nc(-c4ccccc4)[nH]c3c2)c1. The molecular weight excluding hydrogens is 378 g/mol. The molecule has 4 rings (SSSR count). The minimum Gasteiger partial charge on any atom is -0.452 e. The fourth-order valence-electron chi connectivity index (χ4n) is 3.33. The van der Waals surface area contributed by atoms with Crippen LogP contribution in [0.2, 0.25) is 0 Å². The summed E-state index contributed by atoms with van der Waals surface area (Å²) >= 11 is 0. The molecule has 0 radical (unpaired) electrons. The lowest BCUT2D eigenvalue weighted by atomic mass is 10.1. The molecule has 1 amide bonds. The summed E-state index contributed by atoms with van der Waals surface area (Å²) in [5.74, 6) is -0.227. The van der Waals surface area contributed by atoms with E-state index >= 15 is 0 Å². The van der Waals surface area contributed by atoms with Crippen molar-refractivity contribution < 1.29 is 14.3 Å². The summed E-state index contributed by atoms with van der Waals surface area (Å²) in [6.45, 7) is 3.55. The second kappa shape index (κ2) is 8.21. The summed E-state index contributed by atoms with van der Waals surface area (Å²) in [7, 11) is 0. The van der Waals surface area contributed by atoms with E-state index in [0.717, 1.165) is 33.5 Å². The predicted octanol–water partition coefficient (Wildman–Crippen LogP) is 4.64. The zero-order valence-corrected chi connectivity index (χ0v) is 16.7. The Morgan fingerprint density at radius 2 is 1.70 bits per heavy atom. The Bertz CT molecular complexity index is 1210. The van der Waals surface area contributed by atoms with E-state index in [9.17, 15) is 9.59 Å². The minimum atomic E-state index is -0.566. The molecule has 2 N–H and O–H groups in total. The number of rotatable bonds is 5. The van der Waals surface area contributed by atoms with Gasteiger partial charge in [-0.2, -0.15) is 0 Å². The highest BCUT2D eigenvalue weighted by Gasteiger charge is 2.13. The first-order chi connectivity index (χ1) is 14.5. The number of nitrogens with one attached hydrogen (secondary N) is 2. The molecule has 1 heterocycles. The molecule has 150 valence electrons. The third-order valence-corrected chi connectivity index (χ3v) is 4.60. The van der Waals surface area contributed by atoms with E-state index in [0.29, 0.717) is 11.3 Å². The Kier molecular flexibility index (Phi) is 5.30. The van der Waals surface area contributed by atoms with E-state index < -0.39 is 5.97 Å². The van der Waals surface area contributed by atoms with Crippen molar-refractivity contribution in [3.05, 3.63) is 83.4 Å². The highest BCUT2D eigenvalue weighted by molar-refractivity contribution is 5.97. The number of carbonyl (C=O) groups excluding carboxylic acids is 2. The van der Waals surface area contributed by atoms with E-state index in [1.54, 1.807) is 18.2 Å². The Labute approximate surface area is 173 Å². The van der Waals surface area contributed by atoms with Crippen molar-refractivity contribution >= 4 is 28.6 Å². The van der Waals surface area contributed by atoms with Gasteiger partial charge in [0.15, 0.2) is 6.61 Å². The van der Waals surface area contributed by atoms with Gasteiger partial charge in [-0.25, -0.2) is 9.78 Å². The number of benzene rings is 3. The Hall–Kier alpha value is -3.93. The highest BCUT2D eigenvalue weighted by Crippen LogP contribution is 2.21. The lowest BCUT2D eigenvalue weighted by Gasteiger charge is -2.08. The molecule has 0 spiro atoms. The number of H-pyrrole nitrogens is 1. The first-order valence-corrected chi connectivity index (χ1v) is 9.58. The van der Waals surface area contributed by atoms with Gasteiger partial charge < -0.3 is 15.0 Å². The second-order valence-corrected chi connectivity index (χ2v) is 7.18. The topological polar surface area (TPSA) is 84.1 Å². The first-order valence-electron chi connectivity index (χ1n) is 9.58. The maximum Gasteiger partial charge on any atom is 0.338 e. The van der Waals surface area contributed by atoms with Crippen LogP contribution in [0, 0.1) is 13.8 Å². The molecule has 30 heavy (non-hydrogen) atoms. The van der Waals surface area contributed by atoms with Gasteiger partial charge >= 0.3 is 5.97 Å². The maximum absolute atomic E-state index is 12.4. The Morgan fingerprint density at radius 3 is 2.43 bits per heavy atom. The first kappa shape index (κ1) is 19.4. The van der Waals surface area contributed by atoms with E-state index in [1.165, 1.54) is 0 Å². The maximum atomic E-state index is 12.4. The summed E-state index contributed by atoms with van der Waals surface area (Å²) < 4.78 is 5.18. The lowest BCUT2D eigenvalue weighted by molar-refractivity contribution is -0.119. The summed E-state index contributed by atoms with van der Waals surface area (Å²) in [6.07, 6.45) is 0. The van der Waals surface area contributed by atoms with Gasteiger partial charge in [-0.05, 0) is 55.3 Å². The van der Waals surface area contributed by atoms with Crippen LogP contribution >= 0.6 is 0 Å². The van der Waals surface area contributed by atoms with Gasteiger partial charge in [0, 0.05) is 11.3 Å². The number of imidazole rings is 1. The largest absolute Gasteiger partial charge is 0.452 e. The minimum absolute atomic E-state index is 0.352. The molecule has 0 saturated heterocycles. The van der Waals surface area contributed by atoms with Crippen LogP contribution in [-0.2, 0) is 9.53 Å². The van der Waals surface area contributed by atoms with Crippen LogP contribution in [0.1, 0.15) is 21.5 Å². The molecule has 0 aliphatic heterocycles. The van der Waals surface area contributed by atoms with E-state index in [4.69, 9.17) is 4.74 Å². The molecule has 1 aromatic heterocycles. The molecule has 0 aliphatic carbocycles. The average molecular weight is 399 g/mol. The predicted molar refractivity (Wildman–Crippen MR) is 116 cm³/mol. The third-order valence-electron chi connectivity index (χ3n) is 4.60. The molecule has 6 nitrogen and oxygen atoms in total. The summed E-state index contributed by atoms with van der Waals surface area (Å²) in [5.41, 5.74) is 5.56. The number of amides is 1. The van der Waals surface area contributed by atoms with Crippen molar-refractivity contribution in [3.8, 4) is 11.4 Å². The van der Waals surface area contributed by atoms with Gasteiger partial charge in [0.2, 0.25) is 0 Å². The molecule has 0 bridgehead atoms. The van der Waals surface area contributed by atoms with Crippen molar-refractivity contribution in [2.75, 3.05) is 11.9 Å². The Balaban J connectivity index is 1.42. The molecule has 0 fully saturated rings. The number of fused-ring (bicyclic) bond motifs is 1. The van der Waals surface area contributed by atoms with E-state index in [-0.39, 0.29) is 12.5 Å². The summed E-state index contributed by atoms with van der Waals surface area (Å²) in [4.78, 5) is 32.3. The van der Waals surface area contributed by atoms with Crippen molar-refractivity contribution in [1.29, 1.82) is 0 Å². The number of carbonyl (C=O) groups is 2. The molecule has 0 aliphatic rings. The number of aromatic nitrogens is 2. The monoisotopic (exact) mass is 399 g/mol. The van der Waals surface area contributed by atoms with Gasteiger partial charge in [-0.3, -0.25) is 4.79 Å². The second-order valence-electron chi connectivity index (χ2n) is 7.18. The van der Waals surface area contributed by atoms with Crippen molar-refractivity contribution in [3.63, 3.8) is 0 Å². The standard InChI is InChI=1S/C24H21N3O3/c1-15-10-16(2)12-19(11-15)25-22(28)14-30-24(29)18-8-9-20-21(13-18)27-23(26-20)17-6-4-3-5-7-17/h3-13H,14H2,1-2H3,(H,25,28)(H,26,27). The molecule has 0 unspecified atom stereocenters. The molecule has 3 aromatic carbocycles. The van der Waals surface area contributed by atoms with Gasteiger partial charge in [-0.1, -0.05) is 36.4 Å². The number of hydrogen-bond donors (Lipinski definition) is 2. The molecule has 0 saturated carbocycles. The van der Waals surface area contributed by atoms with Crippen LogP contribution < -0.4 is 5.32 Å². The molecule has 6 heteroatoms. The number of nitrogens with zero attached hydrogens (tertiary/aromatic N) is 1. The fourth-order valence-corrected chi connectivity index (χ4v) is 3.33. The van der Waals surface area contributed by atoms with Crippen LogP contribution in [0.25, 0.3) is 22.4 Å². The van der Waals surface area contributed by atoms with E-state index in [2.05, 4.69) is 15.3 Å². The summed E-state index contributed by atoms with van der Waals surface area (Å²) in [5, 5.41) is 2.75. The Morgan fingerprint density at radius 1 is 0.967 bits per heavy atom. The van der Waals surface area contributed by atoms with Crippen LogP contribution in [0.4, 0.5) is 5.69 Å². The number of aryl methyl sites for hydroxylation is 2. The smallest absolute Gasteiger partial charge is 0.338 e. The van der Waals surface area contributed by atoms with Gasteiger partial charge in [0.25, 0.3) is 5.91 Å². The van der Waals surface area contributed by atoms with Gasteiger partial charge in [-0.15, -0.1) is 0 Å². The molecule has 0 atom stereocenters. The number of esters is 1. The number of ether oxygens (including phenoxy) is 1. The quantitative estimate of drug-likeness (QED) is 0.479. The zero-order chi connectivity index (χ0) is 21.1. The van der Waals surface area contributed by atoms with Crippen LogP contribution in [0.3, 0.4) is 0 Å². The average Bonchev–Trinajstić information content (AvgIpc) is 3.15. The van der Waals surface area contributed by atoms with Gasteiger partial charge in [0.1, 0.15) is 5.82 Å². The number of anilines is 1. The van der Waals surface area contributed by atoms with Gasteiger partial charge in [0.05, 0.1) is 16.6 Å². The zero-order valence-electron chi connectivity index (χ0n) is 16.7. The van der Waals surface area contributed by atoms with Crippen LogP contribution in [0.15, 0.2) is 66.7 Å². The normalized spacial score (nSPS) is 10.7. The lowest BCUT2D eigenvalue weighted by Crippen LogP contribution is -2.21. The van der Waals surface area contributed by atoms with Crippen molar-refractivity contribution in [2.24, 2.45) is 0 Å². The number of aromatic amines is 1. The summed E-state index contributed by atoms with van der Waals surface area (Å²) in [6, 6.07) is 20.6. The molecule has 4 aromatic rings. The number of hydrogen-bond acceptors (Lipinski definition) is 4.